The predicted molar refractivity (Wildman–Crippen MR) is 158 cm³/mol. The van der Waals surface area contributed by atoms with Gasteiger partial charge >= 0.3 is 0 Å². The highest BCUT2D eigenvalue weighted by atomic mass is 32.2. The largest absolute Gasteiger partial charge is 0.497 e. The van der Waals surface area contributed by atoms with Gasteiger partial charge in [0.2, 0.25) is 11.8 Å². The van der Waals surface area contributed by atoms with Crippen LogP contribution in [0.5, 0.6) is 5.75 Å². The number of amides is 2. The Bertz CT molecular complexity index is 1430. The maximum absolute atomic E-state index is 14.0. The summed E-state index contributed by atoms with van der Waals surface area (Å²) in [6.07, 6.45) is 0. The van der Waals surface area contributed by atoms with E-state index >= 15 is 0 Å². The number of carbonyl (C=O) groups is 2. The summed E-state index contributed by atoms with van der Waals surface area (Å²) in [5.74, 6) is -0.180. The lowest BCUT2D eigenvalue weighted by molar-refractivity contribution is -0.140. The topological polar surface area (TPSA) is 96.0 Å². The van der Waals surface area contributed by atoms with Gasteiger partial charge in [-0.3, -0.25) is 13.9 Å². The van der Waals surface area contributed by atoms with Crippen molar-refractivity contribution in [1.29, 1.82) is 0 Å². The standard InChI is InChI=1S/C31H39N3O5S/c1-22-13-18-28(23(2)19-22)34(40(37,38)27-11-9-8-10-12-27)21-29(35)33(24(3)30(36)32-31(4,5)6)20-25-14-16-26(39-7)17-15-25/h8-19,24H,20-21H2,1-7H3,(H,32,36)/t24-/m1/s1. The van der Waals surface area contributed by atoms with Crippen LogP contribution < -0.4 is 14.4 Å². The lowest BCUT2D eigenvalue weighted by atomic mass is 10.1. The fraction of sp³-hybridized carbons (Fsp3) is 0.355. The van der Waals surface area contributed by atoms with Gasteiger partial charge in [-0.1, -0.05) is 48.0 Å². The molecule has 0 heterocycles. The molecule has 40 heavy (non-hydrogen) atoms. The van der Waals surface area contributed by atoms with Crippen LogP contribution in [0.25, 0.3) is 0 Å². The fourth-order valence-electron chi connectivity index (χ4n) is 4.30. The molecule has 3 rings (SSSR count). The Morgan fingerprint density at radius 1 is 0.950 bits per heavy atom. The van der Waals surface area contributed by atoms with E-state index in [1.54, 1.807) is 50.4 Å². The van der Waals surface area contributed by atoms with Crippen LogP contribution in [-0.2, 0) is 26.2 Å². The third-order valence-corrected chi connectivity index (χ3v) is 8.18. The number of nitrogens with zero attached hydrogens (tertiary/aromatic N) is 2. The first kappa shape index (κ1) is 30.7. The van der Waals surface area contributed by atoms with Crippen molar-refractivity contribution in [3.63, 3.8) is 0 Å². The molecule has 0 aliphatic heterocycles. The molecular formula is C31H39N3O5S. The number of aryl methyl sites for hydroxylation is 2. The van der Waals surface area contributed by atoms with E-state index < -0.39 is 34.1 Å². The Hall–Kier alpha value is -3.85. The quantitative estimate of drug-likeness (QED) is 0.380. The Labute approximate surface area is 238 Å². The van der Waals surface area contributed by atoms with E-state index in [2.05, 4.69) is 5.32 Å². The van der Waals surface area contributed by atoms with Crippen LogP contribution in [-0.4, -0.2) is 50.4 Å². The highest BCUT2D eigenvalue weighted by molar-refractivity contribution is 7.92. The molecule has 0 aliphatic rings. The van der Waals surface area contributed by atoms with Gasteiger partial charge in [-0.15, -0.1) is 0 Å². The van der Waals surface area contributed by atoms with Crippen molar-refractivity contribution in [2.24, 2.45) is 0 Å². The molecule has 0 spiro atoms. The normalized spacial score (nSPS) is 12.4. The van der Waals surface area contributed by atoms with Gasteiger partial charge in [0.05, 0.1) is 17.7 Å². The minimum Gasteiger partial charge on any atom is -0.497 e. The zero-order valence-corrected chi connectivity index (χ0v) is 25.1. The van der Waals surface area contributed by atoms with Crippen molar-refractivity contribution < 1.29 is 22.7 Å². The number of nitrogens with one attached hydrogen (secondary N) is 1. The molecule has 0 aromatic heterocycles. The van der Waals surface area contributed by atoms with E-state index in [9.17, 15) is 18.0 Å². The van der Waals surface area contributed by atoms with Crippen LogP contribution in [0.4, 0.5) is 5.69 Å². The van der Waals surface area contributed by atoms with E-state index in [1.165, 1.54) is 17.0 Å². The number of carbonyl (C=O) groups excluding carboxylic acids is 2. The van der Waals surface area contributed by atoms with Crippen molar-refractivity contribution in [2.75, 3.05) is 18.0 Å². The predicted octanol–water partition coefficient (Wildman–Crippen LogP) is 4.84. The maximum Gasteiger partial charge on any atom is 0.264 e. The average molecular weight is 566 g/mol. The highest BCUT2D eigenvalue weighted by Crippen LogP contribution is 2.28. The van der Waals surface area contributed by atoms with Crippen LogP contribution in [0.1, 0.15) is 44.4 Å². The molecule has 2 amide bonds. The molecule has 0 aliphatic carbocycles. The molecule has 0 radical (unpaired) electrons. The van der Waals surface area contributed by atoms with Crippen LogP contribution in [0, 0.1) is 13.8 Å². The smallest absolute Gasteiger partial charge is 0.264 e. The molecular weight excluding hydrogens is 526 g/mol. The van der Waals surface area contributed by atoms with Crippen molar-refractivity contribution in [2.45, 2.75) is 64.6 Å². The van der Waals surface area contributed by atoms with Gasteiger partial charge in [-0.05, 0) is 83.0 Å². The second-order valence-corrected chi connectivity index (χ2v) is 12.8. The number of rotatable bonds is 10. The van der Waals surface area contributed by atoms with E-state index in [0.29, 0.717) is 17.0 Å². The Kier molecular flexibility index (Phi) is 9.63. The first-order valence-corrected chi connectivity index (χ1v) is 14.6. The summed E-state index contributed by atoms with van der Waals surface area (Å²) in [5, 5.41) is 2.93. The molecule has 0 unspecified atom stereocenters. The number of hydrogen-bond acceptors (Lipinski definition) is 5. The summed E-state index contributed by atoms with van der Waals surface area (Å²) in [4.78, 5) is 28.7. The molecule has 0 bridgehead atoms. The number of ether oxygens (including phenoxy) is 1. The van der Waals surface area contributed by atoms with Crippen LogP contribution >= 0.6 is 0 Å². The minimum absolute atomic E-state index is 0.0722. The summed E-state index contributed by atoms with van der Waals surface area (Å²) in [7, 11) is -2.54. The van der Waals surface area contributed by atoms with Crippen molar-refractivity contribution >= 4 is 27.5 Å². The number of anilines is 1. The van der Waals surface area contributed by atoms with Crippen LogP contribution in [0.15, 0.2) is 77.7 Å². The van der Waals surface area contributed by atoms with Gasteiger partial charge in [0.1, 0.15) is 18.3 Å². The third-order valence-electron chi connectivity index (χ3n) is 6.41. The Balaban J connectivity index is 2.05. The highest BCUT2D eigenvalue weighted by Gasteiger charge is 2.33. The van der Waals surface area contributed by atoms with Gasteiger partial charge < -0.3 is 15.0 Å². The Morgan fingerprint density at radius 3 is 2.12 bits per heavy atom. The molecule has 1 atom stereocenters. The second kappa shape index (κ2) is 12.6. The monoisotopic (exact) mass is 565 g/mol. The molecule has 1 N–H and O–H groups in total. The second-order valence-electron chi connectivity index (χ2n) is 10.9. The van der Waals surface area contributed by atoms with Crippen molar-refractivity contribution in [3.8, 4) is 5.75 Å². The molecule has 0 saturated heterocycles. The molecule has 8 nitrogen and oxygen atoms in total. The number of hydrogen-bond donors (Lipinski definition) is 1. The molecule has 3 aromatic carbocycles. The minimum atomic E-state index is -4.11. The summed E-state index contributed by atoms with van der Waals surface area (Å²) < 4.78 is 34.2. The van der Waals surface area contributed by atoms with Crippen molar-refractivity contribution in [3.05, 3.63) is 89.5 Å². The van der Waals surface area contributed by atoms with E-state index in [1.807, 2.05) is 58.9 Å². The van der Waals surface area contributed by atoms with Gasteiger partial charge in [0.25, 0.3) is 10.0 Å². The fourth-order valence-corrected chi connectivity index (χ4v) is 5.80. The zero-order chi connectivity index (χ0) is 29.7. The van der Waals surface area contributed by atoms with Gasteiger partial charge in [-0.25, -0.2) is 8.42 Å². The first-order valence-electron chi connectivity index (χ1n) is 13.1. The lowest BCUT2D eigenvalue weighted by Crippen LogP contribution is -2.54. The number of sulfonamides is 1. The number of benzene rings is 3. The summed E-state index contributed by atoms with van der Waals surface area (Å²) >= 11 is 0. The molecule has 0 saturated carbocycles. The lowest BCUT2D eigenvalue weighted by Gasteiger charge is -2.34. The zero-order valence-electron chi connectivity index (χ0n) is 24.3. The van der Waals surface area contributed by atoms with Crippen LogP contribution in [0.3, 0.4) is 0 Å². The van der Waals surface area contributed by atoms with E-state index in [-0.39, 0.29) is 17.3 Å². The molecule has 214 valence electrons. The SMILES string of the molecule is COc1ccc(CN(C(=O)CN(c2ccc(C)cc2C)S(=O)(=O)c2ccccc2)[C@H](C)C(=O)NC(C)(C)C)cc1. The first-order chi connectivity index (χ1) is 18.7. The molecule has 3 aromatic rings. The number of methoxy groups -OCH3 is 1. The van der Waals surface area contributed by atoms with E-state index in [4.69, 9.17) is 4.74 Å². The average Bonchev–Trinajstić information content (AvgIpc) is 2.90. The molecule has 0 fully saturated rings. The summed E-state index contributed by atoms with van der Waals surface area (Å²) in [5.41, 5.74) is 2.35. The van der Waals surface area contributed by atoms with Crippen LogP contribution in [0.2, 0.25) is 0 Å². The third kappa shape index (κ3) is 7.63. The summed E-state index contributed by atoms with van der Waals surface area (Å²) in [6.45, 7) is 10.6. The van der Waals surface area contributed by atoms with Gasteiger partial charge in [-0.2, -0.15) is 0 Å². The maximum atomic E-state index is 14.0. The van der Waals surface area contributed by atoms with E-state index in [0.717, 1.165) is 15.4 Å². The molecule has 9 heteroatoms. The summed E-state index contributed by atoms with van der Waals surface area (Å²) in [6, 6.07) is 19.7. The van der Waals surface area contributed by atoms with Crippen molar-refractivity contribution in [1.82, 2.24) is 10.2 Å². The Morgan fingerprint density at radius 2 is 1.57 bits per heavy atom. The van der Waals surface area contributed by atoms with Gasteiger partial charge in [0, 0.05) is 12.1 Å². The van der Waals surface area contributed by atoms with Gasteiger partial charge in [0.15, 0.2) is 0 Å².